The monoisotopic (exact) mass is 346 g/mol. The maximum absolute atomic E-state index is 13.0. The van der Waals surface area contributed by atoms with E-state index in [1.165, 1.54) is 5.38 Å². The van der Waals surface area contributed by atoms with Gasteiger partial charge in [0, 0.05) is 16.0 Å². The van der Waals surface area contributed by atoms with Crippen molar-refractivity contribution in [3.05, 3.63) is 39.1 Å². The number of hydrogen-bond acceptors (Lipinski definition) is 3. The number of rotatable bonds is 3. The summed E-state index contributed by atoms with van der Waals surface area (Å²) in [4.78, 5) is 15.6. The lowest BCUT2D eigenvalue weighted by Crippen LogP contribution is -2.20. The number of aromatic carboxylic acids is 1. The molecular weight excluding hydrogens is 329 g/mol. The Labute approximate surface area is 135 Å². The molecule has 0 saturated heterocycles. The average molecular weight is 346 g/mol. The quantitative estimate of drug-likeness (QED) is 0.901. The third-order valence-electron chi connectivity index (χ3n) is 3.45. The first-order valence-corrected chi connectivity index (χ1v) is 7.75. The van der Waals surface area contributed by atoms with Gasteiger partial charge in [-0.15, -0.1) is 11.3 Å². The molecule has 2 heterocycles. The van der Waals surface area contributed by atoms with Crippen LogP contribution in [0.15, 0.2) is 11.4 Å². The van der Waals surface area contributed by atoms with Crippen LogP contribution in [0.25, 0.3) is 0 Å². The van der Waals surface area contributed by atoms with Gasteiger partial charge in [-0.05, 0) is 18.4 Å². The maximum Gasteiger partial charge on any atom is 0.417 e. The Morgan fingerprint density at radius 2 is 1.96 bits per heavy atom. The molecule has 0 aromatic carbocycles. The van der Waals surface area contributed by atoms with Crippen LogP contribution in [0, 0.1) is 6.92 Å². The highest BCUT2D eigenvalue weighted by molar-refractivity contribution is 7.10. The molecule has 8 heteroatoms. The minimum atomic E-state index is -4.43. The Morgan fingerprint density at radius 1 is 1.35 bits per heavy atom. The van der Waals surface area contributed by atoms with E-state index >= 15 is 0 Å². The zero-order valence-electron chi connectivity index (χ0n) is 13.2. The summed E-state index contributed by atoms with van der Waals surface area (Å²) in [7, 11) is 0. The Balaban J connectivity index is 2.56. The summed E-state index contributed by atoms with van der Waals surface area (Å²) in [6.45, 7) is 7.04. The van der Waals surface area contributed by atoms with Crippen LogP contribution in [0.2, 0.25) is 0 Å². The molecule has 4 nitrogen and oxygen atoms in total. The number of carbonyl (C=O) groups is 1. The van der Waals surface area contributed by atoms with Crippen molar-refractivity contribution < 1.29 is 23.1 Å². The molecule has 0 atom stereocenters. The van der Waals surface area contributed by atoms with Gasteiger partial charge in [0.25, 0.3) is 0 Å². The van der Waals surface area contributed by atoms with E-state index in [0.717, 1.165) is 17.4 Å². The van der Waals surface area contributed by atoms with Crippen LogP contribution in [-0.2, 0) is 18.1 Å². The summed E-state index contributed by atoms with van der Waals surface area (Å²) >= 11 is 1.00. The van der Waals surface area contributed by atoms with E-state index in [2.05, 4.69) is 4.98 Å². The summed E-state index contributed by atoms with van der Waals surface area (Å²) in [6.07, 6.45) is -4.43. The van der Waals surface area contributed by atoms with Gasteiger partial charge in [0.05, 0.1) is 12.1 Å². The number of alkyl halides is 3. The fourth-order valence-corrected chi connectivity index (χ4v) is 3.24. The molecule has 0 aliphatic carbocycles. The molecule has 0 unspecified atom stereocenters. The molecule has 0 saturated carbocycles. The second-order valence-electron chi connectivity index (χ2n) is 6.27. The first kappa shape index (κ1) is 17.5. The summed E-state index contributed by atoms with van der Waals surface area (Å²) in [6, 6.07) is 1.04. The first-order chi connectivity index (χ1) is 10.4. The van der Waals surface area contributed by atoms with Crippen molar-refractivity contribution in [1.29, 1.82) is 0 Å². The van der Waals surface area contributed by atoms with E-state index < -0.39 is 23.1 Å². The van der Waals surface area contributed by atoms with Crippen LogP contribution in [0.3, 0.4) is 0 Å². The molecule has 0 radical (unpaired) electrons. The second-order valence-corrected chi connectivity index (χ2v) is 7.27. The minimum Gasteiger partial charge on any atom is -0.476 e. The van der Waals surface area contributed by atoms with Crippen molar-refractivity contribution >= 4 is 17.3 Å². The SMILES string of the molecule is Cc1c(C(=O)O)nc(C(C)(C)C)n1Cc1sccc1C(F)(F)F. The Morgan fingerprint density at radius 3 is 2.43 bits per heavy atom. The molecule has 0 aliphatic heterocycles. The number of thiophene rings is 1. The van der Waals surface area contributed by atoms with Gasteiger partial charge in [-0.2, -0.15) is 13.2 Å². The predicted octanol–water partition coefficient (Wildman–Crippen LogP) is 4.32. The molecule has 2 rings (SSSR count). The van der Waals surface area contributed by atoms with Crippen LogP contribution in [0.1, 0.15) is 53.2 Å². The highest BCUT2D eigenvalue weighted by atomic mass is 32.1. The van der Waals surface area contributed by atoms with Gasteiger partial charge in [0.2, 0.25) is 0 Å². The number of halogens is 3. The van der Waals surface area contributed by atoms with Crippen molar-refractivity contribution in [3.63, 3.8) is 0 Å². The Hall–Kier alpha value is -1.83. The van der Waals surface area contributed by atoms with E-state index in [-0.39, 0.29) is 17.1 Å². The molecule has 2 aromatic heterocycles. The number of nitrogens with zero attached hydrogens (tertiary/aromatic N) is 2. The summed E-state index contributed by atoms with van der Waals surface area (Å²) < 4.78 is 40.7. The van der Waals surface area contributed by atoms with Crippen molar-refractivity contribution in [3.8, 4) is 0 Å². The fraction of sp³-hybridized carbons (Fsp3) is 0.467. The van der Waals surface area contributed by atoms with Crippen molar-refractivity contribution in [2.45, 2.75) is 45.8 Å². The lowest BCUT2D eigenvalue weighted by atomic mass is 9.95. The molecule has 0 amide bonds. The molecule has 0 spiro atoms. The maximum atomic E-state index is 13.0. The molecular formula is C15H17F3N2O2S. The van der Waals surface area contributed by atoms with Gasteiger partial charge in [-0.25, -0.2) is 9.78 Å². The van der Waals surface area contributed by atoms with Crippen LogP contribution in [-0.4, -0.2) is 20.6 Å². The average Bonchev–Trinajstić information content (AvgIpc) is 2.94. The van der Waals surface area contributed by atoms with Gasteiger partial charge in [-0.1, -0.05) is 20.8 Å². The Bertz CT molecular complexity index is 739. The van der Waals surface area contributed by atoms with Crippen LogP contribution in [0.5, 0.6) is 0 Å². The Kier molecular flexibility index (Phi) is 4.32. The number of imidazole rings is 1. The summed E-state index contributed by atoms with van der Waals surface area (Å²) in [5.41, 5.74) is -0.954. The van der Waals surface area contributed by atoms with E-state index in [9.17, 15) is 23.1 Å². The zero-order chi connectivity index (χ0) is 17.6. The van der Waals surface area contributed by atoms with Crippen LogP contribution >= 0.6 is 11.3 Å². The van der Waals surface area contributed by atoms with Gasteiger partial charge in [0.15, 0.2) is 5.69 Å². The second kappa shape index (κ2) is 5.67. The summed E-state index contributed by atoms with van der Waals surface area (Å²) in [5.74, 6) is -0.733. The third-order valence-corrected chi connectivity index (χ3v) is 4.35. The van der Waals surface area contributed by atoms with Crippen molar-refractivity contribution in [2.24, 2.45) is 0 Å². The van der Waals surface area contributed by atoms with E-state index in [0.29, 0.717) is 11.5 Å². The van der Waals surface area contributed by atoms with Gasteiger partial charge in [-0.3, -0.25) is 0 Å². The molecule has 0 bridgehead atoms. The molecule has 126 valence electrons. The topological polar surface area (TPSA) is 55.1 Å². The molecule has 0 aliphatic rings. The molecule has 2 aromatic rings. The predicted molar refractivity (Wildman–Crippen MR) is 81.0 cm³/mol. The standard InChI is InChI=1S/C15H17F3N2O2S/c1-8-11(12(21)22)19-13(14(2,3)4)20(8)7-10-9(5-6-23-10)15(16,17)18/h5-6H,7H2,1-4H3,(H,21,22). The third kappa shape index (κ3) is 3.41. The van der Waals surface area contributed by atoms with Crippen molar-refractivity contribution in [2.75, 3.05) is 0 Å². The van der Waals surface area contributed by atoms with Gasteiger partial charge >= 0.3 is 12.1 Å². The molecule has 0 fully saturated rings. The number of carboxylic acid groups (broad SMARTS) is 1. The molecule has 23 heavy (non-hydrogen) atoms. The summed E-state index contributed by atoms with van der Waals surface area (Å²) in [5, 5.41) is 10.6. The lowest BCUT2D eigenvalue weighted by molar-refractivity contribution is -0.137. The fourth-order valence-electron chi connectivity index (χ4n) is 2.36. The van der Waals surface area contributed by atoms with E-state index in [1.807, 2.05) is 20.8 Å². The van der Waals surface area contributed by atoms with Crippen molar-refractivity contribution in [1.82, 2.24) is 9.55 Å². The smallest absolute Gasteiger partial charge is 0.417 e. The minimum absolute atomic E-state index is 0.0504. The van der Waals surface area contributed by atoms with Crippen LogP contribution in [0.4, 0.5) is 13.2 Å². The van der Waals surface area contributed by atoms with Gasteiger partial charge in [0.1, 0.15) is 5.82 Å². The largest absolute Gasteiger partial charge is 0.476 e. The first-order valence-electron chi connectivity index (χ1n) is 6.87. The molecule has 1 N–H and O–H groups in total. The van der Waals surface area contributed by atoms with E-state index in [4.69, 9.17) is 0 Å². The highest BCUT2D eigenvalue weighted by Crippen LogP contribution is 2.36. The van der Waals surface area contributed by atoms with Crippen LogP contribution < -0.4 is 0 Å². The highest BCUT2D eigenvalue weighted by Gasteiger charge is 2.35. The zero-order valence-corrected chi connectivity index (χ0v) is 14.0. The van der Waals surface area contributed by atoms with Gasteiger partial charge < -0.3 is 9.67 Å². The normalized spacial score (nSPS) is 12.7. The number of aromatic nitrogens is 2. The lowest BCUT2D eigenvalue weighted by Gasteiger charge is -2.21. The van der Waals surface area contributed by atoms with E-state index in [1.54, 1.807) is 11.5 Å². The number of carboxylic acids is 1. The number of hydrogen-bond donors (Lipinski definition) is 1.